The summed E-state index contributed by atoms with van der Waals surface area (Å²) in [6.45, 7) is 3.89. The zero-order valence-electron chi connectivity index (χ0n) is 11.1. The van der Waals surface area contributed by atoms with Crippen molar-refractivity contribution in [1.29, 1.82) is 0 Å². The molecular formula is C15H12ClN3S. The number of halogens is 1. The molecule has 3 nitrogen and oxygen atoms in total. The van der Waals surface area contributed by atoms with Crippen molar-refractivity contribution >= 4 is 22.9 Å². The normalized spacial score (nSPS) is 10.8. The van der Waals surface area contributed by atoms with Crippen molar-refractivity contribution in [1.82, 2.24) is 15.0 Å². The van der Waals surface area contributed by atoms with E-state index in [1.807, 2.05) is 49.6 Å². The lowest BCUT2D eigenvalue weighted by atomic mass is 10.1. The number of hydrogen-bond acceptors (Lipinski definition) is 4. The second-order valence-corrected chi connectivity index (χ2v) is 5.85. The minimum absolute atomic E-state index is 0.472. The fraction of sp³-hybridized carbons (Fsp3) is 0.133. The molecule has 3 rings (SSSR count). The lowest BCUT2D eigenvalue weighted by Crippen LogP contribution is -1.97. The predicted octanol–water partition coefficient (Wildman–Crippen LogP) is 4.54. The maximum Gasteiger partial charge on any atom is 0.181 e. The number of aromatic nitrogens is 3. The molecule has 0 saturated heterocycles. The number of nitrogens with zero attached hydrogens (tertiary/aromatic N) is 3. The molecule has 0 aliphatic carbocycles. The van der Waals surface area contributed by atoms with E-state index in [4.69, 9.17) is 11.6 Å². The Hall–Kier alpha value is -1.78. The molecule has 5 heteroatoms. The van der Waals surface area contributed by atoms with Gasteiger partial charge in [-0.1, -0.05) is 41.9 Å². The van der Waals surface area contributed by atoms with E-state index in [0.29, 0.717) is 11.0 Å². The smallest absolute Gasteiger partial charge is 0.181 e. The van der Waals surface area contributed by atoms with Crippen LogP contribution in [0.4, 0.5) is 0 Å². The molecule has 0 N–H and O–H groups in total. The van der Waals surface area contributed by atoms with Crippen LogP contribution in [-0.4, -0.2) is 15.0 Å². The number of aryl methyl sites for hydroxylation is 1. The largest absolute Gasteiger partial charge is 0.238 e. The quantitative estimate of drug-likeness (QED) is 0.652. The van der Waals surface area contributed by atoms with Crippen molar-refractivity contribution in [3.8, 4) is 22.8 Å². The highest BCUT2D eigenvalue weighted by Crippen LogP contribution is 2.28. The predicted molar refractivity (Wildman–Crippen MR) is 83.1 cm³/mol. The van der Waals surface area contributed by atoms with Crippen molar-refractivity contribution in [2.75, 3.05) is 0 Å². The summed E-state index contributed by atoms with van der Waals surface area (Å²) in [4.78, 5) is 13.4. The number of rotatable bonds is 2. The molecule has 2 heterocycles. The monoisotopic (exact) mass is 301 g/mol. The molecule has 1 aromatic carbocycles. The van der Waals surface area contributed by atoms with Gasteiger partial charge in [0.2, 0.25) is 0 Å². The first kappa shape index (κ1) is 13.2. The maximum absolute atomic E-state index is 6.25. The van der Waals surface area contributed by atoms with Crippen LogP contribution in [0.1, 0.15) is 10.6 Å². The van der Waals surface area contributed by atoms with Gasteiger partial charge in [-0.3, -0.25) is 0 Å². The van der Waals surface area contributed by atoms with Gasteiger partial charge in [-0.15, -0.1) is 11.3 Å². The van der Waals surface area contributed by atoms with E-state index in [9.17, 15) is 0 Å². The topological polar surface area (TPSA) is 38.7 Å². The fourth-order valence-corrected chi connectivity index (χ4v) is 2.71. The van der Waals surface area contributed by atoms with Crippen LogP contribution in [0.5, 0.6) is 0 Å². The molecule has 0 unspecified atom stereocenters. The van der Waals surface area contributed by atoms with Crippen molar-refractivity contribution < 1.29 is 0 Å². The van der Waals surface area contributed by atoms with E-state index in [2.05, 4.69) is 15.0 Å². The maximum atomic E-state index is 6.25. The molecule has 0 aliphatic heterocycles. The summed E-state index contributed by atoms with van der Waals surface area (Å²) in [6, 6.07) is 9.98. The summed E-state index contributed by atoms with van der Waals surface area (Å²) >= 11 is 7.83. The van der Waals surface area contributed by atoms with Crippen LogP contribution in [0.25, 0.3) is 22.8 Å². The Morgan fingerprint density at radius 3 is 2.40 bits per heavy atom. The third-order valence-electron chi connectivity index (χ3n) is 2.98. The molecule has 0 aliphatic rings. The highest BCUT2D eigenvalue weighted by Gasteiger charge is 2.13. The van der Waals surface area contributed by atoms with Crippen molar-refractivity contribution in [2.24, 2.45) is 0 Å². The summed E-state index contributed by atoms with van der Waals surface area (Å²) in [7, 11) is 0. The van der Waals surface area contributed by atoms with E-state index in [-0.39, 0.29) is 0 Å². The van der Waals surface area contributed by atoms with Crippen molar-refractivity contribution in [2.45, 2.75) is 13.8 Å². The molecular weight excluding hydrogens is 290 g/mol. The molecule has 0 bridgehead atoms. The second-order valence-electron chi connectivity index (χ2n) is 4.43. The van der Waals surface area contributed by atoms with E-state index in [1.165, 1.54) is 0 Å². The Labute approximate surface area is 126 Å². The van der Waals surface area contributed by atoms with Gasteiger partial charge in [-0.05, 0) is 13.8 Å². The summed E-state index contributed by atoms with van der Waals surface area (Å²) in [5.74, 6) is 0.573. The van der Waals surface area contributed by atoms with Gasteiger partial charge in [0.15, 0.2) is 5.82 Å². The first-order valence-electron chi connectivity index (χ1n) is 6.17. The van der Waals surface area contributed by atoms with Crippen LogP contribution in [0.3, 0.4) is 0 Å². The average Bonchev–Trinajstić information content (AvgIpc) is 2.89. The molecule has 0 spiro atoms. The molecule has 100 valence electrons. The van der Waals surface area contributed by atoms with Crippen LogP contribution in [-0.2, 0) is 0 Å². The Morgan fingerprint density at radius 2 is 1.75 bits per heavy atom. The van der Waals surface area contributed by atoms with E-state index in [1.54, 1.807) is 11.3 Å². The highest BCUT2D eigenvalue weighted by atomic mass is 35.5. The lowest BCUT2D eigenvalue weighted by molar-refractivity contribution is 1.12. The zero-order chi connectivity index (χ0) is 14.1. The minimum Gasteiger partial charge on any atom is -0.238 e. The van der Waals surface area contributed by atoms with Gasteiger partial charge in [0.05, 0.1) is 10.7 Å². The van der Waals surface area contributed by atoms with E-state index in [0.717, 1.165) is 27.5 Å². The third kappa shape index (κ3) is 2.44. The summed E-state index contributed by atoms with van der Waals surface area (Å²) < 4.78 is 0. The molecule has 0 amide bonds. The van der Waals surface area contributed by atoms with Crippen LogP contribution < -0.4 is 0 Å². The van der Waals surface area contributed by atoms with Gasteiger partial charge in [0.1, 0.15) is 10.8 Å². The summed E-state index contributed by atoms with van der Waals surface area (Å²) in [5, 5.41) is 3.41. The van der Waals surface area contributed by atoms with Crippen LogP contribution in [0.15, 0.2) is 35.7 Å². The average molecular weight is 302 g/mol. The SMILES string of the molecule is Cc1nc(-c2nc(Cl)c(C)c(-c3ccccc3)n2)cs1. The van der Waals surface area contributed by atoms with Crippen LogP contribution >= 0.6 is 22.9 Å². The molecule has 2 aromatic heterocycles. The summed E-state index contributed by atoms with van der Waals surface area (Å²) in [6.07, 6.45) is 0. The Bertz CT molecular complexity index is 753. The first-order chi connectivity index (χ1) is 9.65. The van der Waals surface area contributed by atoms with E-state index >= 15 is 0 Å². The molecule has 3 aromatic rings. The fourth-order valence-electron chi connectivity index (χ4n) is 1.95. The molecule has 0 saturated carbocycles. The first-order valence-corrected chi connectivity index (χ1v) is 7.43. The van der Waals surface area contributed by atoms with Crippen molar-refractivity contribution in [3.63, 3.8) is 0 Å². The van der Waals surface area contributed by atoms with Crippen LogP contribution in [0, 0.1) is 13.8 Å². The standard InChI is InChI=1S/C15H12ClN3S/c1-9-13(11-6-4-3-5-7-11)18-15(19-14(9)16)12-8-20-10(2)17-12/h3-8H,1-2H3. The van der Waals surface area contributed by atoms with Gasteiger partial charge in [0, 0.05) is 16.5 Å². The van der Waals surface area contributed by atoms with Gasteiger partial charge in [-0.2, -0.15) is 0 Å². The molecule has 20 heavy (non-hydrogen) atoms. The van der Waals surface area contributed by atoms with E-state index < -0.39 is 0 Å². The Kier molecular flexibility index (Phi) is 3.51. The molecule has 0 atom stereocenters. The third-order valence-corrected chi connectivity index (χ3v) is 4.12. The Balaban J connectivity index is 2.18. The number of benzene rings is 1. The highest BCUT2D eigenvalue weighted by molar-refractivity contribution is 7.09. The molecule has 0 radical (unpaired) electrons. The zero-order valence-corrected chi connectivity index (χ0v) is 12.7. The Morgan fingerprint density at radius 1 is 1.00 bits per heavy atom. The van der Waals surface area contributed by atoms with Crippen LogP contribution in [0.2, 0.25) is 5.15 Å². The second kappa shape index (κ2) is 5.31. The molecule has 0 fully saturated rings. The lowest BCUT2D eigenvalue weighted by Gasteiger charge is -2.08. The van der Waals surface area contributed by atoms with Gasteiger partial charge in [-0.25, -0.2) is 15.0 Å². The number of hydrogen-bond donors (Lipinski definition) is 0. The van der Waals surface area contributed by atoms with Gasteiger partial charge < -0.3 is 0 Å². The van der Waals surface area contributed by atoms with Gasteiger partial charge in [0.25, 0.3) is 0 Å². The van der Waals surface area contributed by atoms with Gasteiger partial charge >= 0.3 is 0 Å². The van der Waals surface area contributed by atoms with Crippen molar-refractivity contribution in [3.05, 3.63) is 51.4 Å². The number of thiazole rings is 1. The minimum atomic E-state index is 0.472. The summed E-state index contributed by atoms with van der Waals surface area (Å²) in [5.41, 5.74) is 3.54.